The Bertz CT molecular complexity index is 1410. The molecule has 0 bridgehead atoms. The van der Waals surface area contributed by atoms with E-state index in [-0.39, 0.29) is 33.3 Å². The number of fused-ring (bicyclic) bond motifs is 1. The van der Waals surface area contributed by atoms with Gasteiger partial charge in [-0.2, -0.15) is 0 Å². The van der Waals surface area contributed by atoms with Gasteiger partial charge in [-0.1, -0.05) is 36.4 Å². The Morgan fingerprint density at radius 2 is 1.69 bits per heavy atom. The van der Waals surface area contributed by atoms with Crippen LogP contribution in [0, 0.1) is 12.7 Å². The average Bonchev–Trinajstić information content (AvgIpc) is 2.78. The van der Waals surface area contributed by atoms with Crippen molar-refractivity contribution >= 4 is 34.2 Å². The Labute approximate surface area is 182 Å². The molecule has 0 saturated carbocycles. The fourth-order valence-electron chi connectivity index (χ4n) is 3.44. The molecule has 0 saturated heterocycles. The maximum Gasteiger partial charge on any atom is 0.259 e. The summed E-state index contributed by atoms with van der Waals surface area (Å²) in [6, 6.07) is 17.7. The number of hydrogen-bond donors (Lipinski definition) is 2. The zero-order valence-electron chi connectivity index (χ0n) is 17.4. The molecule has 7 heteroatoms. The molecule has 0 aliphatic carbocycles. The zero-order valence-corrected chi connectivity index (χ0v) is 17.4. The Morgan fingerprint density at radius 3 is 2.41 bits per heavy atom. The van der Waals surface area contributed by atoms with Gasteiger partial charge in [-0.25, -0.2) is 4.39 Å². The third-order valence-electron chi connectivity index (χ3n) is 4.96. The Kier molecular flexibility index (Phi) is 5.55. The third kappa shape index (κ3) is 4.00. The molecule has 0 fully saturated rings. The van der Waals surface area contributed by atoms with Crippen molar-refractivity contribution in [1.82, 2.24) is 0 Å². The van der Waals surface area contributed by atoms with Crippen LogP contribution in [0.1, 0.15) is 22.8 Å². The molecule has 2 N–H and O–H groups in total. The molecule has 0 aliphatic rings. The first kappa shape index (κ1) is 21.0. The topological polar surface area (TPSA) is 88.4 Å². The second-order valence-electron chi connectivity index (χ2n) is 7.26. The molecule has 32 heavy (non-hydrogen) atoms. The van der Waals surface area contributed by atoms with Crippen molar-refractivity contribution < 1.29 is 18.4 Å². The average molecular weight is 430 g/mol. The van der Waals surface area contributed by atoms with Crippen LogP contribution in [0.3, 0.4) is 0 Å². The van der Waals surface area contributed by atoms with Gasteiger partial charge in [-0.15, -0.1) is 0 Å². The van der Waals surface area contributed by atoms with Gasteiger partial charge in [0.2, 0.25) is 5.91 Å². The van der Waals surface area contributed by atoms with Crippen LogP contribution in [-0.2, 0) is 4.79 Å². The Balaban J connectivity index is 1.78. The molecule has 0 atom stereocenters. The molecule has 6 nitrogen and oxygen atoms in total. The molecular formula is C25H19FN2O4. The number of benzene rings is 3. The van der Waals surface area contributed by atoms with Gasteiger partial charge in [0, 0.05) is 23.7 Å². The first-order valence-electron chi connectivity index (χ1n) is 9.85. The van der Waals surface area contributed by atoms with E-state index in [1.165, 1.54) is 19.1 Å². The molecule has 3 aromatic carbocycles. The number of para-hydroxylation sites is 1. The lowest BCUT2D eigenvalue weighted by molar-refractivity contribution is -0.114. The highest BCUT2D eigenvalue weighted by Gasteiger charge is 2.19. The quantitative estimate of drug-likeness (QED) is 0.470. The van der Waals surface area contributed by atoms with Gasteiger partial charge in [-0.05, 0) is 37.3 Å². The predicted molar refractivity (Wildman–Crippen MR) is 121 cm³/mol. The molecule has 1 aromatic heterocycles. The van der Waals surface area contributed by atoms with Crippen LogP contribution in [0.2, 0.25) is 0 Å². The minimum absolute atomic E-state index is 0.0539. The smallest absolute Gasteiger partial charge is 0.259 e. The van der Waals surface area contributed by atoms with E-state index in [1.807, 2.05) is 30.3 Å². The molecule has 1 heterocycles. The van der Waals surface area contributed by atoms with Gasteiger partial charge >= 0.3 is 0 Å². The lowest BCUT2D eigenvalue weighted by atomic mass is 10.0. The SMILES string of the molecule is CC(=O)Nc1cc(NC(=O)c2cccc3c(=O)c(C)c(-c4ccccc4)oc23)ccc1F. The normalized spacial score (nSPS) is 10.7. The molecule has 2 amide bonds. The van der Waals surface area contributed by atoms with Gasteiger partial charge < -0.3 is 15.1 Å². The highest BCUT2D eigenvalue weighted by atomic mass is 19.1. The largest absolute Gasteiger partial charge is 0.455 e. The van der Waals surface area contributed by atoms with Crippen LogP contribution < -0.4 is 16.1 Å². The lowest BCUT2D eigenvalue weighted by Crippen LogP contribution is -2.15. The van der Waals surface area contributed by atoms with Crippen molar-refractivity contribution in [2.24, 2.45) is 0 Å². The zero-order chi connectivity index (χ0) is 22.8. The first-order valence-corrected chi connectivity index (χ1v) is 9.85. The molecule has 0 radical (unpaired) electrons. The van der Waals surface area contributed by atoms with Crippen molar-refractivity contribution in [3.63, 3.8) is 0 Å². The summed E-state index contributed by atoms with van der Waals surface area (Å²) < 4.78 is 20.0. The number of nitrogens with one attached hydrogen (secondary N) is 2. The molecule has 4 aromatic rings. The van der Waals surface area contributed by atoms with E-state index >= 15 is 0 Å². The monoisotopic (exact) mass is 430 g/mol. The summed E-state index contributed by atoms with van der Waals surface area (Å²) >= 11 is 0. The maximum atomic E-state index is 13.9. The number of carbonyl (C=O) groups is 2. The Hall–Kier alpha value is -4.26. The van der Waals surface area contributed by atoms with Gasteiger partial charge in [-0.3, -0.25) is 14.4 Å². The van der Waals surface area contributed by atoms with Gasteiger partial charge in [0.15, 0.2) is 11.0 Å². The van der Waals surface area contributed by atoms with E-state index in [4.69, 9.17) is 4.42 Å². The number of amides is 2. The fourth-order valence-corrected chi connectivity index (χ4v) is 3.44. The van der Waals surface area contributed by atoms with Crippen LogP contribution in [-0.4, -0.2) is 11.8 Å². The number of halogens is 1. The number of rotatable bonds is 4. The van der Waals surface area contributed by atoms with Crippen LogP contribution in [0.4, 0.5) is 15.8 Å². The lowest BCUT2D eigenvalue weighted by Gasteiger charge is -2.12. The van der Waals surface area contributed by atoms with Crippen molar-refractivity contribution in [1.29, 1.82) is 0 Å². The van der Waals surface area contributed by atoms with Gasteiger partial charge in [0.1, 0.15) is 11.6 Å². The Morgan fingerprint density at radius 1 is 0.938 bits per heavy atom. The maximum absolute atomic E-state index is 13.9. The summed E-state index contributed by atoms with van der Waals surface area (Å²) in [5.74, 6) is -1.22. The van der Waals surface area contributed by atoms with Crippen LogP contribution >= 0.6 is 0 Å². The second-order valence-corrected chi connectivity index (χ2v) is 7.26. The van der Waals surface area contributed by atoms with E-state index in [0.717, 1.165) is 11.6 Å². The number of carbonyl (C=O) groups excluding carboxylic acids is 2. The van der Waals surface area contributed by atoms with Gasteiger partial charge in [0.05, 0.1) is 16.6 Å². The summed E-state index contributed by atoms with van der Waals surface area (Å²) in [4.78, 5) is 37.3. The summed E-state index contributed by atoms with van der Waals surface area (Å²) in [5.41, 5.74) is 1.47. The van der Waals surface area contributed by atoms with E-state index in [1.54, 1.807) is 25.1 Å². The minimum atomic E-state index is -0.627. The van der Waals surface area contributed by atoms with Gasteiger partial charge in [0.25, 0.3) is 5.91 Å². The van der Waals surface area contributed by atoms with Crippen LogP contribution in [0.5, 0.6) is 0 Å². The van der Waals surface area contributed by atoms with Crippen molar-refractivity contribution in [2.45, 2.75) is 13.8 Å². The third-order valence-corrected chi connectivity index (χ3v) is 4.96. The molecule has 4 rings (SSSR count). The first-order chi connectivity index (χ1) is 15.3. The van der Waals surface area contributed by atoms with E-state index in [0.29, 0.717) is 11.3 Å². The summed E-state index contributed by atoms with van der Waals surface area (Å²) in [5, 5.41) is 5.32. The van der Waals surface area contributed by atoms with E-state index in [9.17, 15) is 18.8 Å². The molecule has 0 unspecified atom stereocenters. The second kappa shape index (κ2) is 8.47. The standard InChI is InChI=1S/C25H19FN2O4/c1-14-22(30)18-9-6-10-19(24(18)32-23(14)16-7-4-3-5-8-16)25(31)28-17-11-12-20(26)21(13-17)27-15(2)29/h3-13H,1-2H3,(H,27,29)(H,28,31). The van der Waals surface area contributed by atoms with Crippen LogP contribution in [0.15, 0.2) is 75.9 Å². The van der Waals surface area contributed by atoms with Crippen molar-refractivity contribution in [3.8, 4) is 11.3 Å². The van der Waals surface area contributed by atoms with Crippen molar-refractivity contribution in [3.05, 3.63) is 93.9 Å². The number of hydrogen-bond acceptors (Lipinski definition) is 4. The fraction of sp³-hybridized carbons (Fsp3) is 0.0800. The minimum Gasteiger partial charge on any atom is -0.455 e. The molecule has 0 spiro atoms. The van der Waals surface area contributed by atoms with Crippen molar-refractivity contribution in [2.75, 3.05) is 10.6 Å². The number of anilines is 2. The summed E-state index contributed by atoms with van der Waals surface area (Å²) in [7, 11) is 0. The summed E-state index contributed by atoms with van der Waals surface area (Å²) in [6.45, 7) is 2.94. The van der Waals surface area contributed by atoms with Crippen LogP contribution in [0.25, 0.3) is 22.3 Å². The molecule has 0 aliphatic heterocycles. The summed E-state index contributed by atoms with van der Waals surface area (Å²) in [6.07, 6.45) is 0. The van der Waals surface area contributed by atoms with E-state index < -0.39 is 17.6 Å². The highest BCUT2D eigenvalue weighted by Crippen LogP contribution is 2.28. The van der Waals surface area contributed by atoms with E-state index in [2.05, 4.69) is 10.6 Å². The highest BCUT2D eigenvalue weighted by molar-refractivity contribution is 6.11. The molecule has 160 valence electrons. The molecular weight excluding hydrogens is 411 g/mol. The predicted octanol–water partition coefficient (Wildman–Crippen LogP) is 5.12.